The SMILES string of the molecule is CC(C)c1cc(NC(=O)CN(C)CC2CCNCC2)on1. The van der Waals surface area contributed by atoms with Crippen LogP contribution in [0, 0.1) is 5.92 Å². The van der Waals surface area contributed by atoms with Gasteiger partial charge >= 0.3 is 0 Å². The van der Waals surface area contributed by atoms with Gasteiger partial charge in [-0.25, -0.2) is 0 Å². The number of rotatable bonds is 6. The number of piperidine rings is 1. The minimum absolute atomic E-state index is 0.0575. The van der Waals surface area contributed by atoms with Gasteiger partial charge in [-0.3, -0.25) is 15.0 Å². The zero-order valence-corrected chi connectivity index (χ0v) is 13.2. The van der Waals surface area contributed by atoms with Crippen molar-refractivity contribution in [1.29, 1.82) is 0 Å². The molecule has 1 amide bonds. The second kappa shape index (κ2) is 7.56. The number of aromatic nitrogens is 1. The molecule has 1 aromatic heterocycles. The summed E-state index contributed by atoms with van der Waals surface area (Å²) in [7, 11) is 1.99. The smallest absolute Gasteiger partial charge is 0.240 e. The monoisotopic (exact) mass is 294 g/mol. The number of nitrogens with one attached hydrogen (secondary N) is 2. The van der Waals surface area contributed by atoms with E-state index >= 15 is 0 Å². The number of anilines is 1. The van der Waals surface area contributed by atoms with Crippen molar-refractivity contribution in [2.75, 3.05) is 38.5 Å². The van der Waals surface area contributed by atoms with Crippen LogP contribution in [-0.2, 0) is 4.79 Å². The van der Waals surface area contributed by atoms with E-state index in [1.54, 1.807) is 6.07 Å². The van der Waals surface area contributed by atoms with Crippen LogP contribution in [0.5, 0.6) is 0 Å². The molecule has 118 valence electrons. The average molecular weight is 294 g/mol. The quantitative estimate of drug-likeness (QED) is 0.835. The van der Waals surface area contributed by atoms with Crippen molar-refractivity contribution in [2.24, 2.45) is 5.92 Å². The molecule has 1 saturated heterocycles. The molecule has 0 bridgehead atoms. The maximum absolute atomic E-state index is 12.0. The molecule has 1 aromatic rings. The van der Waals surface area contributed by atoms with E-state index in [4.69, 9.17) is 4.52 Å². The summed E-state index contributed by atoms with van der Waals surface area (Å²) < 4.78 is 5.12. The number of likely N-dealkylation sites (N-methyl/N-ethyl adjacent to an activating group) is 1. The molecule has 0 atom stereocenters. The number of carbonyl (C=O) groups excluding carboxylic acids is 1. The van der Waals surface area contributed by atoms with E-state index in [0.717, 1.165) is 25.3 Å². The van der Waals surface area contributed by atoms with Crippen molar-refractivity contribution < 1.29 is 9.32 Å². The summed E-state index contributed by atoms with van der Waals surface area (Å²) in [5.41, 5.74) is 0.855. The molecule has 0 saturated carbocycles. The van der Waals surface area contributed by atoms with E-state index in [0.29, 0.717) is 24.3 Å². The fourth-order valence-electron chi connectivity index (χ4n) is 2.61. The van der Waals surface area contributed by atoms with Gasteiger partial charge in [0.25, 0.3) is 0 Å². The average Bonchev–Trinajstić information content (AvgIpc) is 2.88. The molecule has 0 spiro atoms. The van der Waals surface area contributed by atoms with Crippen molar-refractivity contribution in [3.63, 3.8) is 0 Å². The van der Waals surface area contributed by atoms with E-state index in [-0.39, 0.29) is 5.91 Å². The number of carbonyl (C=O) groups is 1. The Balaban J connectivity index is 1.74. The maximum atomic E-state index is 12.0. The molecular formula is C15H26N4O2. The molecule has 1 fully saturated rings. The van der Waals surface area contributed by atoms with E-state index in [1.165, 1.54) is 12.8 Å². The van der Waals surface area contributed by atoms with Gasteiger partial charge in [-0.15, -0.1) is 0 Å². The summed E-state index contributed by atoms with van der Waals surface area (Å²) in [5, 5.41) is 10.1. The second-order valence-corrected chi connectivity index (χ2v) is 6.21. The molecule has 2 heterocycles. The van der Waals surface area contributed by atoms with Gasteiger partial charge in [-0.1, -0.05) is 19.0 Å². The summed E-state index contributed by atoms with van der Waals surface area (Å²) in [6.45, 7) is 7.58. The van der Waals surface area contributed by atoms with Crippen LogP contribution in [0.4, 0.5) is 5.88 Å². The maximum Gasteiger partial charge on any atom is 0.240 e. The van der Waals surface area contributed by atoms with E-state index in [2.05, 4.69) is 20.7 Å². The minimum Gasteiger partial charge on any atom is -0.338 e. The van der Waals surface area contributed by atoms with Crippen molar-refractivity contribution in [1.82, 2.24) is 15.4 Å². The van der Waals surface area contributed by atoms with Crippen LogP contribution in [0.25, 0.3) is 0 Å². The highest BCUT2D eigenvalue weighted by Crippen LogP contribution is 2.17. The highest BCUT2D eigenvalue weighted by Gasteiger charge is 2.17. The van der Waals surface area contributed by atoms with Crippen molar-refractivity contribution >= 4 is 11.8 Å². The van der Waals surface area contributed by atoms with Crippen LogP contribution in [0.15, 0.2) is 10.6 Å². The van der Waals surface area contributed by atoms with Crippen LogP contribution >= 0.6 is 0 Å². The third kappa shape index (κ3) is 5.13. The Labute approximate surface area is 126 Å². The minimum atomic E-state index is -0.0575. The molecule has 1 aliphatic heterocycles. The predicted molar refractivity (Wildman–Crippen MR) is 82.3 cm³/mol. The van der Waals surface area contributed by atoms with E-state index < -0.39 is 0 Å². The Morgan fingerprint density at radius 3 is 2.86 bits per heavy atom. The Morgan fingerprint density at radius 1 is 1.52 bits per heavy atom. The van der Waals surface area contributed by atoms with Gasteiger partial charge in [0.2, 0.25) is 11.8 Å². The van der Waals surface area contributed by atoms with Crippen LogP contribution in [0.2, 0.25) is 0 Å². The Bertz CT molecular complexity index is 452. The topological polar surface area (TPSA) is 70.4 Å². The number of nitrogens with zero attached hydrogens (tertiary/aromatic N) is 2. The largest absolute Gasteiger partial charge is 0.338 e. The Kier molecular flexibility index (Phi) is 5.76. The lowest BCUT2D eigenvalue weighted by molar-refractivity contribution is -0.117. The van der Waals surface area contributed by atoms with Gasteiger partial charge in [0.15, 0.2) is 0 Å². The third-order valence-corrected chi connectivity index (χ3v) is 3.82. The molecule has 0 unspecified atom stereocenters. The fraction of sp³-hybridized carbons (Fsp3) is 0.733. The first-order valence-electron chi connectivity index (χ1n) is 7.70. The first kappa shape index (κ1) is 16.0. The predicted octanol–water partition coefficient (Wildman–Crippen LogP) is 1.67. The summed E-state index contributed by atoms with van der Waals surface area (Å²) in [6, 6.07) is 1.79. The van der Waals surface area contributed by atoms with Crippen LogP contribution in [-0.4, -0.2) is 49.2 Å². The Morgan fingerprint density at radius 2 is 2.24 bits per heavy atom. The van der Waals surface area contributed by atoms with Crippen LogP contribution in [0.3, 0.4) is 0 Å². The molecule has 2 N–H and O–H groups in total. The van der Waals surface area contributed by atoms with Crippen molar-refractivity contribution in [3.05, 3.63) is 11.8 Å². The molecule has 0 aliphatic carbocycles. The van der Waals surface area contributed by atoms with Gasteiger partial charge in [0.1, 0.15) is 0 Å². The zero-order chi connectivity index (χ0) is 15.2. The van der Waals surface area contributed by atoms with Crippen LogP contribution in [0.1, 0.15) is 38.3 Å². The zero-order valence-electron chi connectivity index (χ0n) is 13.2. The Hall–Kier alpha value is -1.40. The van der Waals surface area contributed by atoms with Gasteiger partial charge in [0, 0.05) is 12.6 Å². The number of amides is 1. The lowest BCUT2D eigenvalue weighted by atomic mass is 9.98. The van der Waals surface area contributed by atoms with Gasteiger partial charge in [-0.05, 0) is 44.8 Å². The fourth-order valence-corrected chi connectivity index (χ4v) is 2.61. The molecular weight excluding hydrogens is 268 g/mol. The molecule has 21 heavy (non-hydrogen) atoms. The first-order chi connectivity index (χ1) is 10.0. The first-order valence-corrected chi connectivity index (χ1v) is 7.70. The van der Waals surface area contributed by atoms with E-state index in [1.807, 2.05) is 20.9 Å². The number of hydrogen-bond donors (Lipinski definition) is 2. The second-order valence-electron chi connectivity index (χ2n) is 6.21. The highest BCUT2D eigenvalue weighted by molar-refractivity contribution is 5.90. The summed E-state index contributed by atoms with van der Waals surface area (Å²) in [5.74, 6) is 1.35. The van der Waals surface area contributed by atoms with E-state index in [9.17, 15) is 4.79 Å². The molecule has 2 rings (SSSR count). The van der Waals surface area contributed by atoms with Gasteiger partial charge in [-0.2, -0.15) is 0 Å². The number of hydrogen-bond acceptors (Lipinski definition) is 5. The molecule has 1 aliphatic rings. The lowest BCUT2D eigenvalue weighted by Crippen LogP contribution is -2.37. The summed E-state index contributed by atoms with van der Waals surface area (Å²) in [4.78, 5) is 14.1. The summed E-state index contributed by atoms with van der Waals surface area (Å²) in [6.07, 6.45) is 2.37. The molecule has 6 heteroatoms. The highest BCUT2D eigenvalue weighted by atomic mass is 16.5. The molecule has 0 aromatic carbocycles. The third-order valence-electron chi connectivity index (χ3n) is 3.82. The van der Waals surface area contributed by atoms with Crippen LogP contribution < -0.4 is 10.6 Å². The standard InChI is InChI=1S/C15H26N4O2/c1-11(2)13-8-15(21-18-13)17-14(20)10-19(3)9-12-4-6-16-7-5-12/h8,11-12,16H,4-7,9-10H2,1-3H3,(H,17,20). The normalized spacial score (nSPS) is 16.6. The van der Waals surface area contributed by atoms with Crippen molar-refractivity contribution in [2.45, 2.75) is 32.6 Å². The molecule has 0 radical (unpaired) electrons. The summed E-state index contributed by atoms with van der Waals surface area (Å²) >= 11 is 0. The van der Waals surface area contributed by atoms with Crippen molar-refractivity contribution in [3.8, 4) is 0 Å². The van der Waals surface area contributed by atoms with Gasteiger partial charge in [0.05, 0.1) is 12.2 Å². The lowest BCUT2D eigenvalue weighted by Gasteiger charge is -2.27. The van der Waals surface area contributed by atoms with Gasteiger partial charge < -0.3 is 9.84 Å². The molecule has 6 nitrogen and oxygen atoms in total.